The van der Waals surface area contributed by atoms with Crippen molar-refractivity contribution in [1.29, 1.82) is 0 Å². The Balaban J connectivity index is 4.35. The summed E-state index contributed by atoms with van der Waals surface area (Å²) in [7, 11) is 1.14. The lowest BCUT2D eigenvalue weighted by Crippen LogP contribution is -2.37. The Morgan fingerprint density at radius 1 is 0.517 bits per heavy atom. The molecule has 9 nitrogen and oxygen atoms in total. The van der Waals surface area contributed by atoms with Gasteiger partial charge in [-0.1, -0.05) is 172 Å². The van der Waals surface area contributed by atoms with Crippen molar-refractivity contribution in [2.45, 2.75) is 213 Å². The molecule has 0 rings (SSSR count). The summed E-state index contributed by atoms with van der Waals surface area (Å²) in [5.74, 6) is -0.890. The van der Waals surface area contributed by atoms with Crippen molar-refractivity contribution in [2.24, 2.45) is 0 Å². The summed E-state index contributed by atoms with van der Waals surface area (Å²) in [6.45, 7) is 4.16. The quantitative estimate of drug-likeness (QED) is 0.0196. The average Bonchev–Trinajstić information content (AvgIpc) is 3.20. The van der Waals surface area contributed by atoms with Crippen LogP contribution in [0.4, 0.5) is 0 Å². The molecule has 0 aliphatic rings. The van der Waals surface area contributed by atoms with Gasteiger partial charge < -0.3 is 27.9 Å². The molecule has 2 atom stereocenters. The number of carbonyl (C=O) groups is 2. The van der Waals surface area contributed by atoms with Gasteiger partial charge in [-0.2, -0.15) is 0 Å². The molecule has 0 bridgehead atoms. The topological polar surface area (TPSA) is 111 Å². The van der Waals surface area contributed by atoms with Crippen LogP contribution in [0.3, 0.4) is 0 Å². The molecule has 0 amide bonds. The van der Waals surface area contributed by atoms with E-state index < -0.39 is 32.5 Å². The van der Waals surface area contributed by atoms with Crippen LogP contribution >= 0.6 is 7.82 Å². The lowest BCUT2D eigenvalue weighted by atomic mass is 10.1. The van der Waals surface area contributed by atoms with Crippen LogP contribution in [0, 0.1) is 0 Å². The third-order valence-electron chi connectivity index (χ3n) is 10.3. The Hall–Kier alpha value is -2.03. The van der Waals surface area contributed by atoms with Gasteiger partial charge in [-0.15, -0.1) is 0 Å². The van der Waals surface area contributed by atoms with E-state index in [0.717, 1.165) is 57.8 Å². The van der Waals surface area contributed by atoms with E-state index in [0.29, 0.717) is 17.4 Å². The highest BCUT2D eigenvalue weighted by atomic mass is 31.2. The first-order valence-electron chi connectivity index (χ1n) is 24.3. The molecule has 0 saturated heterocycles. The van der Waals surface area contributed by atoms with Crippen molar-refractivity contribution in [2.75, 3.05) is 47.5 Å². The van der Waals surface area contributed by atoms with E-state index in [2.05, 4.69) is 62.5 Å². The smallest absolute Gasteiger partial charge is 0.306 e. The SMILES string of the molecule is CCCCC/C=C/C/C=C/CCCCCCCCCCCC(=O)OC[C@H](COP(=O)([O-])OCC[N+](C)(C)C)OC(=O)CCC/C=C/C/C=C/CCCCCCCCCCC. The number of quaternary nitrogens is 1. The largest absolute Gasteiger partial charge is 0.756 e. The number of esters is 2. The fourth-order valence-electron chi connectivity index (χ4n) is 6.49. The minimum atomic E-state index is -4.64. The number of rotatable bonds is 44. The highest BCUT2D eigenvalue weighted by molar-refractivity contribution is 7.45. The molecule has 0 radical (unpaired) electrons. The van der Waals surface area contributed by atoms with E-state index in [-0.39, 0.29) is 26.1 Å². The summed E-state index contributed by atoms with van der Waals surface area (Å²) >= 11 is 0. The Morgan fingerprint density at radius 3 is 1.40 bits per heavy atom. The van der Waals surface area contributed by atoms with Gasteiger partial charge in [0, 0.05) is 12.8 Å². The summed E-state index contributed by atoms with van der Waals surface area (Å²) in [4.78, 5) is 37.6. The van der Waals surface area contributed by atoms with Crippen molar-refractivity contribution < 1.29 is 42.1 Å². The van der Waals surface area contributed by atoms with Gasteiger partial charge in [-0.05, 0) is 70.6 Å². The standard InChI is InChI=1S/C50H92NO8P/c1-6-8-10-12-14-16-18-20-22-24-25-27-28-30-32-34-36-38-40-42-49(52)56-46-48(47-58-60(54,55)57-45-44-51(3,4)5)59-50(53)43-41-39-37-35-33-31-29-26-23-21-19-17-15-13-11-9-7-2/h14,16,20,22,29,31,35,37,48H,6-13,15,17-19,21,23-28,30,32-34,36,38-47H2,1-5H3/b16-14+,22-20+,31-29+,37-35+/t48-/m1/s1. The number of allylic oxidation sites excluding steroid dienone is 8. The number of carbonyl (C=O) groups excluding carboxylic acids is 2. The maximum Gasteiger partial charge on any atom is 0.306 e. The number of hydrogen-bond acceptors (Lipinski definition) is 8. The van der Waals surface area contributed by atoms with Gasteiger partial charge >= 0.3 is 11.9 Å². The van der Waals surface area contributed by atoms with Crippen molar-refractivity contribution in [3.05, 3.63) is 48.6 Å². The van der Waals surface area contributed by atoms with Crippen LogP contribution in [0.15, 0.2) is 48.6 Å². The van der Waals surface area contributed by atoms with E-state index in [9.17, 15) is 19.0 Å². The van der Waals surface area contributed by atoms with Gasteiger partial charge in [0.15, 0.2) is 6.10 Å². The maximum atomic E-state index is 12.7. The molecule has 1 unspecified atom stereocenters. The number of hydrogen-bond donors (Lipinski definition) is 0. The van der Waals surface area contributed by atoms with Crippen molar-refractivity contribution in [3.63, 3.8) is 0 Å². The second-order valence-corrected chi connectivity index (χ2v) is 18.9. The normalized spacial score (nSPS) is 13.9. The summed E-state index contributed by atoms with van der Waals surface area (Å²) in [6, 6.07) is 0. The zero-order valence-electron chi connectivity index (χ0n) is 39.4. The third-order valence-corrected chi connectivity index (χ3v) is 11.3. The first-order chi connectivity index (χ1) is 29.0. The number of unbranched alkanes of at least 4 members (excludes halogenated alkanes) is 22. The predicted molar refractivity (Wildman–Crippen MR) is 250 cm³/mol. The van der Waals surface area contributed by atoms with E-state index in [4.69, 9.17) is 18.5 Å². The number of nitrogens with zero attached hydrogens (tertiary/aromatic N) is 1. The molecular formula is C50H92NO8P. The highest BCUT2D eigenvalue weighted by Crippen LogP contribution is 2.38. The minimum Gasteiger partial charge on any atom is -0.756 e. The monoisotopic (exact) mass is 866 g/mol. The second kappa shape index (κ2) is 42.3. The molecular weight excluding hydrogens is 774 g/mol. The second-order valence-electron chi connectivity index (χ2n) is 17.5. The lowest BCUT2D eigenvalue weighted by molar-refractivity contribution is -0.870. The average molecular weight is 866 g/mol. The van der Waals surface area contributed by atoms with E-state index in [1.54, 1.807) is 0 Å². The molecule has 0 fully saturated rings. The fourth-order valence-corrected chi connectivity index (χ4v) is 7.22. The Kier molecular flexibility index (Phi) is 40.8. The zero-order chi connectivity index (χ0) is 44.3. The molecule has 0 aliphatic heterocycles. The molecule has 0 N–H and O–H groups in total. The first kappa shape index (κ1) is 58.0. The molecule has 0 aliphatic carbocycles. The predicted octanol–water partition coefficient (Wildman–Crippen LogP) is 13.6. The number of ether oxygens (including phenoxy) is 2. The number of likely N-dealkylation sites (N-methyl/N-ethyl adjacent to an activating group) is 1. The molecule has 0 heterocycles. The van der Waals surface area contributed by atoms with Gasteiger partial charge in [0.05, 0.1) is 27.7 Å². The Bertz CT molecular complexity index is 1160. The van der Waals surface area contributed by atoms with E-state index in [1.165, 1.54) is 116 Å². The van der Waals surface area contributed by atoms with Crippen LogP contribution in [-0.2, 0) is 32.7 Å². The van der Waals surface area contributed by atoms with Crippen LogP contribution in [-0.4, -0.2) is 70.0 Å². The van der Waals surface area contributed by atoms with Gasteiger partial charge in [0.1, 0.15) is 19.8 Å². The molecule has 10 heteroatoms. The van der Waals surface area contributed by atoms with E-state index >= 15 is 0 Å². The van der Waals surface area contributed by atoms with Crippen LogP contribution < -0.4 is 4.89 Å². The molecule has 0 saturated carbocycles. The molecule has 0 spiro atoms. The maximum absolute atomic E-state index is 12.7. The van der Waals surface area contributed by atoms with Gasteiger partial charge in [-0.25, -0.2) is 0 Å². The molecule has 60 heavy (non-hydrogen) atoms. The summed E-state index contributed by atoms with van der Waals surface area (Å²) < 4.78 is 33.9. The lowest BCUT2D eigenvalue weighted by Gasteiger charge is -2.28. The zero-order valence-corrected chi connectivity index (χ0v) is 40.3. The van der Waals surface area contributed by atoms with E-state index in [1.807, 2.05) is 21.1 Å². The van der Waals surface area contributed by atoms with Crippen LogP contribution in [0.1, 0.15) is 206 Å². The molecule has 0 aromatic rings. The number of phosphoric acid groups is 1. The van der Waals surface area contributed by atoms with Crippen LogP contribution in [0.25, 0.3) is 0 Å². The molecule has 350 valence electrons. The minimum absolute atomic E-state index is 0.0398. The summed E-state index contributed by atoms with van der Waals surface area (Å²) in [5, 5.41) is 0. The number of phosphoric ester groups is 1. The highest BCUT2D eigenvalue weighted by Gasteiger charge is 2.21. The third kappa shape index (κ3) is 45.5. The van der Waals surface area contributed by atoms with Crippen molar-refractivity contribution >= 4 is 19.8 Å². The Morgan fingerprint density at radius 2 is 0.917 bits per heavy atom. The van der Waals surface area contributed by atoms with Gasteiger partial charge in [-0.3, -0.25) is 14.2 Å². The molecule has 0 aromatic carbocycles. The first-order valence-corrected chi connectivity index (χ1v) is 25.8. The molecule has 0 aromatic heterocycles. The van der Waals surface area contributed by atoms with Crippen LogP contribution in [0.5, 0.6) is 0 Å². The van der Waals surface area contributed by atoms with Crippen molar-refractivity contribution in [1.82, 2.24) is 0 Å². The summed E-state index contributed by atoms with van der Waals surface area (Å²) in [5.41, 5.74) is 0. The van der Waals surface area contributed by atoms with Gasteiger partial charge in [0.25, 0.3) is 7.82 Å². The van der Waals surface area contributed by atoms with Crippen LogP contribution in [0.2, 0.25) is 0 Å². The van der Waals surface area contributed by atoms with Crippen molar-refractivity contribution in [3.8, 4) is 0 Å². The van der Waals surface area contributed by atoms with Gasteiger partial charge in [0.2, 0.25) is 0 Å². The summed E-state index contributed by atoms with van der Waals surface area (Å²) in [6.07, 6.45) is 50.0. The fraction of sp³-hybridized carbons (Fsp3) is 0.800. The Labute approximate surface area is 369 Å².